The summed E-state index contributed by atoms with van der Waals surface area (Å²) in [6.07, 6.45) is -3.13. The van der Waals surface area contributed by atoms with Crippen LogP contribution in [0.3, 0.4) is 0 Å². The monoisotopic (exact) mass is 321 g/mol. The zero-order chi connectivity index (χ0) is 16.4. The number of hydrogen-bond donors (Lipinski definition) is 1. The molecule has 0 spiro atoms. The summed E-state index contributed by atoms with van der Waals surface area (Å²) < 4.78 is 22.7. The molecule has 124 valence electrons. The Balaban J connectivity index is 1.89. The molecule has 2 saturated heterocycles. The molecule has 0 radical (unpaired) electrons. The van der Waals surface area contributed by atoms with Crippen molar-refractivity contribution in [1.82, 2.24) is 0 Å². The summed E-state index contributed by atoms with van der Waals surface area (Å²) in [5.74, 6) is -1.01. The Hall–Kier alpha value is -1.67. The first-order valence-corrected chi connectivity index (χ1v) is 7.37. The maximum Gasteiger partial charge on any atom is 0.192 e. The number of rotatable bonds is 3. The molecular weight excluding hydrogens is 302 g/mol. The Morgan fingerprint density at radius 3 is 2.78 bits per heavy atom. The van der Waals surface area contributed by atoms with Crippen LogP contribution in [0, 0.1) is 0 Å². The third kappa shape index (κ3) is 2.92. The molecule has 6 unspecified atom stereocenters. The van der Waals surface area contributed by atoms with Gasteiger partial charge in [0.2, 0.25) is 0 Å². The van der Waals surface area contributed by atoms with Crippen LogP contribution in [-0.4, -0.2) is 49.5 Å². The van der Waals surface area contributed by atoms with Crippen molar-refractivity contribution < 1.29 is 24.1 Å². The topological polar surface area (TPSA) is 106 Å². The first kappa shape index (κ1) is 16.2. The molecule has 2 heterocycles. The van der Waals surface area contributed by atoms with Crippen LogP contribution in [0.15, 0.2) is 35.4 Å². The third-order valence-electron chi connectivity index (χ3n) is 4.24. The van der Waals surface area contributed by atoms with E-state index in [1.807, 2.05) is 30.3 Å². The van der Waals surface area contributed by atoms with Crippen molar-refractivity contribution in [2.45, 2.75) is 43.4 Å². The number of benzene rings is 1. The van der Waals surface area contributed by atoms with Gasteiger partial charge in [-0.05, 0) is 12.5 Å². The SMILES string of the molecule is COC1OC2COC(C)(c3ccccc3)OC2C(N=[N+]=[N-])C1O. The number of fused-ring (bicyclic) bond motifs is 1. The van der Waals surface area contributed by atoms with Gasteiger partial charge in [0.05, 0.1) is 12.6 Å². The van der Waals surface area contributed by atoms with Gasteiger partial charge in [-0.1, -0.05) is 35.4 Å². The quantitative estimate of drug-likeness (QED) is 0.518. The maximum atomic E-state index is 10.3. The smallest absolute Gasteiger partial charge is 0.192 e. The molecule has 2 aliphatic rings. The highest BCUT2D eigenvalue weighted by Crippen LogP contribution is 2.39. The van der Waals surface area contributed by atoms with E-state index in [-0.39, 0.29) is 6.61 Å². The molecule has 1 aromatic carbocycles. The molecule has 6 atom stereocenters. The van der Waals surface area contributed by atoms with E-state index < -0.39 is 36.4 Å². The first-order chi connectivity index (χ1) is 11.1. The van der Waals surface area contributed by atoms with Crippen molar-refractivity contribution in [3.63, 3.8) is 0 Å². The van der Waals surface area contributed by atoms with Crippen molar-refractivity contribution in [3.05, 3.63) is 46.3 Å². The van der Waals surface area contributed by atoms with Crippen molar-refractivity contribution in [2.75, 3.05) is 13.7 Å². The summed E-state index contributed by atoms with van der Waals surface area (Å²) in [7, 11) is 1.42. The van der Waals surface area contributed by atoms with Crippen molar-refractivity contribution >= 4 is 0 Å². The summed E-state index contributed by atoms with van der Waals surface area (Å²) in [5.41, 5.74) is 9.65. The second-order valence-electron chi connectivity index (χ2n) is 5.67. The fourth-order valence-electron chi connectivity index (χ4n) is 3.00. The van der Waals surface area contributed by atoms with E-state index in [0.717, 1.165) is 5.56 Å². The molecule has 8 nitrogen and oxygen atoms in total. The molecule has 0 aromatic heterocycles. The zero-order valence-corrected chi connectivity index (χ0v) is 12.9. The molecule has 3 rings (SSSR count). The molecule has 0 bridgehead atoms. The molecule has 0 amide bonds. The number of nitrogens with zero attached hydrogens (tertiary/aromatic N) is 3. The van der Waals surface area contributed by atoms with Crippen LogP contribution in [0.25, 0.3) is 10.4 Å². The normalized spacial score (nSPS) is 40.0. The second-order valence-corrected chi connectivity index (χ2v) is 5.67. The van der Waals surface area contributed by atoms with Crippen LogP contribution < -0.4 is 0 Å². The molecule has 1 N–H and O–H groups in total. The lowest BCUT2D eigenvalue weighted by Crippen LogP contribution is -2.63. The van der Waals surface area contributed by atoms with E-state index >= 15 is 0 Å². The lowest BCUT2D eigenvalue weighted by atomic mass is 9.94. The Morgan fingerprint density at radius 2 is 2.13 bits per heavy atom. The van der Waals surface area contributed by atoms with Crippen LogP contribution in [0.1, 0.15) is 12.5 Å². The highest BCUT2D eigenvalue weighted by Gasteiger charge is 2.52. The van der Waals surface area contributed by atoms with Crippen LogP contribution in [-0.2, 0) is 24.7 Å². The maximum absolute atomic E-state index is 10.3. The van der Waals surface area contributed by atoms with Gasteiger partial charge in [0.25, 0.3) is 0 Å². The average molecular weight is 321 g/mol. The molecule has 2 aliphatic heterocycles. The molecule has 2 fully saturated rings. The van der Waals surface area contributed by atoms with Gasteiger partial charge in [0, 0.05) is 17.6 Å². The minimum absolute atomic E-state index is 0.236. The number of hydrogen-bond acceptors (Lipinski definition) is 6. The lowest BCUT2D eigenvalue weighted by Gasteiger charge is -2.49. The molecule has 8 heteroatoms. The van der Waals surface area contributed by atoms with Gasteiger partial charge in [0.15, 0.2) is 12.1 Å². The van der Waals surface area contributed by atoms with Crippen LogP contribution in [0.4, 0.5) is 0 Å². The molecule has 0 saturated carbocycles. The molecule has 1 aromatic rings. The fraction of sp³-hybridized carbons (Fsp3) is 0.600. The zero-order valence-electron chi connectivity index (χ0n) is 12.9. The van der Waals surface area contributed by atoms with E-state index in [2.05, 4.69) is 10.0 Å². The van der Waals surface area contributed by atoms with Crippen molar-refractivity contribution in [1.29, 1.82) is 0 Å². The fourth-order valence-corrected chi connectivity index (χ4v) is 3.00. The van der Waals surface area contributed by atoms with Crippen LogP contribution in [0.5, 0.6) is 0 Å². The third-order valence-corrected chi connectivity index (χ3v) is 4.24. The number of azide groups is 1. The number of aliphatic hydroxyl groups is 1. The lowest BCUT2D eigenvalue weighted by molar-refractivity contribution is -0.373. The Morgan fingerprint density at radius 1 is 1.39 bits per heavy atom. The average Bonchev–Trinajstić information content (AvgIpc) is 2.58. The largest absolute Gasteiger partial charge is 0.387 e. The van der Waals surface area contributed by atoms with Crippen molar-refractivity contribution in [3.8, 4) is 0 Å². The van der Waals surface area contributed by atoms with E-state index in [4.69, 9.17) is 24.5 Å². The van der Waals surface area contributed by atoms with E-state index in [1.165, 1.54) is 7.11 Å². The minimum Gasteiger partial charge on any atom is -0.387 e. The van der Waals surface area contributed by atoms with E-state index in [9.17, 15) is 5.11 Å². The molecule has 23 heavy (non-hydrogen) atoms. The van der Waals surface area contributed by atoms with Crippen molar-refractivity contribution in [2.24, 2.45) is 5.11 Å². The van der Waals surface area contributed by atoms with Gasteiger partial charge in [-0.15, -0.1) is 0 Å². The van der Waals surface area contributed by atoms with Gasteiger partial charge in [0.1, 0.15) is 18.3 Å². The van der Waals surface area contributed by atoms with Crippen LogP contribution in [0.2, 0.25) is 0 Å². The van der Waals surface area contributed by atoms with Gasteiger partial charge >= 0.3 is 0 Å². The van der Waals surface area contributed by atoms with Gasteiger partial charge < -0.3 is 24.1 Å². The highest BCUT2D eigenvalue weighted by atomic mass is 16.8. The molecular formula is C15H19N3O5. The summed E-state index contributed by atoms with van der Waals surface area (Å²) in [5, 5.41) is 14.0. The first-order valence-electron chi connectivity index (χ1n) is 7.37. The van der Waals surface area contributed by atoms with Gasteiger partial charge in [-0.25, -0.2) is 0 Å². The Bertz CT molecular complexity index is 594. The minimum atomic E-state index is -1.12. The number of methoxy groups -OCH3 is 1. The molecule has 0 aliphatic carbocycles. The second kappa shape index (κ2) is 6.45. The van der Waals surface area contributed by atoms with Crippen LogP contribution >= 0.6 is 0 Å². The number of aliphatic hydroxyl groups excluding tert-OH is 1. The number of ether oxygens (including phenoxy) is 4. The van der Waals surface area contributed by atoms with E-state index in [0.29, 0.717) is 0 Å². The summed E-state index contributed by atoms with van der Waals surface area (Å²) in [6, 6.07) is 8.63. The highest BCUT2D eigenvalue weighted by molar-refractivity contribution is 5.20. The summed E-state index contributed by atoms with van der Waals surface area (Å²) in [4.78, 5) is 2.82. The predicted octanol–water partition coefficient (Wildman–Crippen LogP) is 1.69. The van der Waals surface area contributed by atoms with E-state index in [1.54, 1.807) is 6.92 Å². The summed E-state index contributed by atoms with van der Waals surface area (Å²) >= 11 is 0. The predicted molar refractivity (Wildman–Crippen MR) is 79.2 cm³/mol. The standard InChI is InChI=1S/C15H19N3O5/c1-15(9-6-4-3-5-7-9)21-8-10-13(23-15)11(17-18-16)12(19)14(20-2)22-10/h3-7,10-14,19H,8H2,1-2H3. The Labute approximate surface area is 133 Å². The van der Waals surface area contributed by atoms with Gasteiger partial charge in [-0.2, -0.15) is 0 Å². The Kier molecular flexibility index (Phi) is 4.54. The van der Waals surface area contributed by atoms with Gasteiger partial charge in [-0.3, -0.25) is 0 Å². The summed E-state index contributed by atoms with van der Waals surface area (Å²) in [6.45, 7) is 2.03.